The second kappa shape index (κ2) is 4.70. The van der Waals surface area contributed by atoms with E-state index in [1.807, 2.05) is 6.08 Å². The van der Waals surface area contributed by atoms with E-state index in [0.29, 0.717) is 0 Å². The molecule has 0 atom stereocenters. The maximum Gasteiger partial charge on any atom is 0.181 e. The molecule has 0 aliphatic rings. The second-order valence-corrected chi connectivity index (χ2v) is 2.88. The zero-order valence-electron chi connectivity index (χ0n) is 7.66. The normalized spacial score (nSPS) is 9.75. The first-order valence-corrected chi connectivity index (χ1v) is 4.46. The largest absolute Gasteiger partial charge is 0.199 e. The van der Waals surface area contributed by atoms with Crippen LogP contribution in [0.1, 0.15) is 19.0 Å². The monoisotopic (exact) mass is 162 g/mol. The summed E-state index contributed by atoms with van der Waals surface area (Å²) < 4.78 is 2.23. The summed E-state index contributed by atoms with van der Waals surface area (Å²) in [7, 11) is 0. The number of pyridine rings is 1. The molecule has 0 N–H and O–H groups in total. The summed E-state index contributed by atoms with van der Waals surface area (Å²) in [5.41, 5.74) is 1.39. The molecule has 1 heterocycles. The van der Waals surface area contributed by atoms with Crippen molar-refractivity contribution < 1.29 is 4.57 Å². The van der Waals surface area contributed by atoms with Crippen LogP contribution < -0.4 is 4.57 Å². The number of rotatable bonds is 4. The van der Waals surface area contributed by atoms with Gasteiger partial charge >= 0.3 is 0 Å². The molecule has 0 saturated heterocycles. The van der Waals surface area contributed by atoms with Crippen molar-refractivity contribution in [3.63, 3.8) is 0 Å². The van der Waals surface area contributed by atoms with Crippen molar-refractivity contribution in [1.82, 2.24) is 0 Å². The summed E-state index contributed by atoms with van der Waals surface area (Å²) in [6.07, 6.45) is 6.38. The van der Waals surface area contributed by atoms with Gasteiger partial charge in [-0.05, 0) is 12.5 Å². The molecule has 1 rings (SSSR count). The first kappa shape index (κ1) is 8.98. The highest BCUT2D eigenvalue weighted by Gasteiger charge is 2.04. The Bertz CT molecular complexity index is 253. The number of aromatic nitrogens is 1. The lowest BCUT2D eigenvalue weighted by Gasteiger charge is -1.98. The zero-order valence-corrected chi connectivity index (χ0v) is 7.66. The highest BCUT2D eigenvalue weighted by Crippen LogP contribution is 1.95. The van der Waals surface area contributed by atoms with Crippen molar-refractivity contribution in [2.75, 3.05) is 0 Å². The van der Waals surface area contributed by atoms with Crippen LogP contribution in [0.5, 0.6) is 0 Å². The van der Waals surface area contributed by atoms with Crippen LogP contribution in [0.2, 0.25) is 0 Å². The van der Waals surface area contributed by atoms with E-state index in [1.54, 1.807) is 0 Å². The van der Waals surface area contributed by atoms with E-state index >= 15 is 0 Å². The summed E-state index contributed by atoms with van der Waals surface area (Å²) >= 11 is 0. The van der Waals surface area contributed by atoms with E-state index in [0.717, 1.165) is 13.0 Å². The summed E-state index contributed by atoms with van der Waals surface area (Å²) in [5, 5.41) is 0. The van der Waals surface area contributed by atoms with Crippen LogP contribution in [0.3, 0.4) is 0 Å². The Kier molecular flexibility index (Phi) is 3.52. The first-order valence-electron chi connectivity index (χ1n) is 4.46. The topological polar surface area (TPSA) is 3.88 Å². The van der Waals surface area contributed by atoms with Gasteiger partial charge < -0.3 is 0 Å². The lowest BCUT2D eigenvalue weighted by atomic mass is 10.2. The quantitative estimate of drug-likeness (QED) is 0.471. The molecule has 1 heteroatoms. The van der Waals surface area contributed by atoms with Crippen LogP contribution in [0.4, 0.5) is 0 Å². The molecule has 0 aliphatic carbocycles. The van der Waals surface area contributed by atoms with Gasteiger partial charge in [0.1, 0.15) is 0 Å². The Morgan fingerprint density at radius 1 is 1.50 bits per heavy atom. The van der Waals surface area contributed by atoms with E-state index in [-0.39, 0.29) is 0 Å². The molecule has 0 amide bonds. The Morgan fingerprint density at radius 2 is 2.33 bits per heavy atom. The van der Waals surface area contributed by atoms with Gasteiger partial charge in [-0.1, -0.05) is 19.6 Å². The van der Waals surface area contributed by atoms with Crippen molar-refractivity contribution >= 4 is 0 Å². The summed E-state index contributed by atoms with van der Waals surface area (Å²) in [6.45, 7) is 6.85. The van der Waals surface area contributed by atoms with Crippen LogP contribution in [-0.4, -0.2) is 0 Å². The molecular formula is C11H16N+. The third kappa shape index (κ3) is 2.19. The third-order valence-corrected chi connectivity index (χ3v) is 1.87. The van der Waals surface area contributed by atoms with E-state index in [9.17, 15) is 0 Å². The molecule has 0 fully saturated rings. The maximum atomic E-state index is 3.74. The predicted octanol–water partition coefficient (Wildman–Crippen LogP) is 2.11. The fraction of sp³-hybridized carbons (Fsp3) is 0.364. The highest BCUT2D eigenvalue weighted by molar-refractivity contribution is 4.97. The Morgan fingerprint density at radius 3 is 3.00 bits per heavy atom. The van der Waals surface area contributed by atoms with Crippen molar-refractivity contribution in [2.24, 2.45) is 0 Å². The Balaban J connectivity index is 2.83. The van der Waals surface area contributed by atoms with Gasteiger partial charge in [-0.2, -0.15) is 4.57 Å². The van der Waals surface area contributed by atoms with Crippen molar-refractivity contribution in [2.45, 2.75) is 26.3 Å². The molecule has 1 aromatic heterocycles. The molecule has 0 bridgehead atoms. The summed E-state index contributed by atoms with van der Waals surface area (Å²) in [5.74, 6) is 0. The van der Waals surface area contributed by atoms with Crippen LogP contribution in [-0.2, 0) is 13.0 Å². The molecule has 12 heavy (non-hydrogen) atoms. The molecule has 1 aromatic rings. The molecule has 0 radical (unpaired) electrons. The third-order valence-electron chi connectivity index (χ3n) is 1.87. The Labute approximate surface area is 74.4 Å². The zero-order chi connectivity index (χ0) is 8.81. The molecule has 0 aromatic carbocycles. The molecule has 0 saturated carbocycles. The maximum absolute atomic E-state index is 3.74. The summed E-state index contributed by atoms with van der Waals surface area (Å²) in [4.78, 5) is 0. The smallest absolute Gasteiger partial charge is 0.181 e. The predicted molar refractivity (Wildman–Crippen MR) is 50.8 cm³/mol. The van der Waals surface area contributed by atoms with E-state index in [4.69, 9.17) is 0 Å². The van der Waals surface area contributed by atoms with Gasteiger partial charge in [0.05, 0.1) is 0 Å². The minimum absolute atomic E-state index is 0.913. The van der Waals surface area contributed by atoms with E-state index in [2.05, 4.69) is 42.5 Å². The summed E-state index contributed by atoms with van der Waals surface area (Å²) in [6, 6.07) is 6.32. The SMILES string of the molecule is C=CC[n+]1ccccc1CCC. The fourth-order valence-electron chi connectivity index (χ4n) is 1.31. The first-order chi connectivity index (χ1) is 5.88. The van der Waals surface area contributed by atoms with E-state index in [1.165, 1.54) is 12.1 Å². The van der Waals surface area contributed by atoms with Crippen LogP contribution >= 0.6 is 0 Å². The van der Waals surface area contributed by atoms with Gasteiger partial charge in [-0.3, -0.25) is 0 Å². The van der Waals surface area contributed by atoms with Gasteiger partial charge in [-0.25, -0.2) is 0 Å². The lowest BCUT2D eigenvalue weighted by molar-refractivity contribution is -0.694. The minimum Gasteiger partial charge on any atom is -0.199 e. The number of nitrogens with zero attached hydrogens (tertiary/aromatic N) is 1. The average Bonchev–Trinajstić information content (AvgIpc) is 2.09. The average molecular weight is 162 g/mol. The fourth-order valence-corrected chi connectivity index (χ4v) is 1.31. The van der Waals surface area contributed by atoms with E-state index < -0.39 is 0 Å². The molecule has 1 nitrogen and oxygen atoms in total. The van der Waals surface area contributed by atoms with Crippen molar-refractivity contribution in [3.05, 3.63) is 42.7 Å². The molecular weight excluding hydrogens is 146 g/mol. The van der Waals surface area contributed by atoms with Crippen molar-refractivity contribution in [3.8, 4) is 0 Å². The lowest BCUT2D eigenvalue weighted by Crippen LogP contribution is -2.36. The molecule has 64 valence electrons. The highest BCUT2D eigenvalue weighted by atomic mass is 14.9. The van der Waals surface area contributed by atoms with Crippen LogP contribution in [0, 0.1) is 0 Å². The number of allylic oxidation sites excluding steroid dienone is 1. The van der Waals surface area contributed by atoms with Gasteiger partial charge in [0.25, 0.3) is 0 Å². The van der Waals surface area contributed by atoms with Crippen LogP contribution in [0.25, 0.3) is 0 Å². The standard InChI is InChI=1S/C11H16N/c1-3-7-11-8-5-6-10-12(11)9-4-2/h4-6,8,10H,2-3,7,9H2,1H3/q+1. The van der Waals surface area contributed by atoms with Crippen molar-refractivity contribution in [1.29, 1.82) is 0 Å². The van der Waals surface area contributed by atoms with Gasteiger partial charge in [0.2, 0.25) is 0 Å². The van der Waals surface area contributed by atoms with Gasteiger partial charge in [-0.15, -0.1) is 0 Å². The Hall–Kier alpha value is -1.11. The molecule has 0 spiro atoms. The van der Waals surface area contributed by atoms with Gasteiger partial charge in [0, 0.05) is 18.6 Å². The molecule has 0 aliphatic heterocycles. The minimum atomic E-state index is 0.913. The van der Waals surface area contributed by atoms with Gasteiger partial charge in [0.15, 0.2) is 18.4 Å². The second-order valence-electron chi connectivity index (χ2n) is 2.88. The van der Waals surface area contributed by atoms with Crippen LogP contribution in [0.15, 0.2) is 37.1 Å². The number of hydrogen-bond acceptors (Lipinski definition) is 0. The molecule has 0 unspecified atom stereocenters. The number of aryl methyl sites for hydroxylation is 1. The number of hydrogen-bond donors (Lipinski definition) is 0.